The molecule has 2 N–H and O–H groups in total. The third kappa shape index (κ3) is 1.64. The van der Waals surface area contributed by atoms with Crippen molar-refractivity contribution in [2.45, 2.75) is 19.4 Å². The van der Waals surface area contributed by atoms with Crippen molar-refractivity contribution in [1.29, 1.82) is 0 Å². The Balaban J connectivity index is 1.78. The second-order valence-corrected chi connectivity index (χ2v) is 3.07. The number of aromatic amines is 1. The van der Waals surface area contributed by atoms with Crippen molar-refractivity contribution >= 4 is 5.91 Å². The van der Waals surface area contributed by atoms with Crippen LogP contribution in [0.4, 0.5) is 0 Å². The van der Waals surface area contributed by atoms with Crippen molar-refractivity contribution in [2.24, 2.45) is 5.92 Å². The van der Waals surface area contributed by atoms with Crippen molar-refractivity contribution in [3.63, 3.8) is 0 Å². The molecule has 0 bridgehead atoms. The molecule has 2 rings (SSSR count). The molecule has 0 saturated heterocycles. The number of aromatic nitrogens is 2. The van der Waals surface area contributed by atoms with Gasteiger partial charge in [-0.05, 0) is 12.8 Å². The van der Waals surface area contributed by atoms with Gasteiger partial charge in [-0.15, -0.1) is 0 Å². The minimum atomic E-state index is 0.171. The van der Waals surface area contributed by atoms with Gasteiger partial charge in [-0.1, -0.05) is 0 Å². The number of hydrogen-bond donors (Lipinski definition) is 2. The number of nitrogens with one attached hydrogen (secondary N) is 2. The summed E-state index contributed by atoms with van der Waals surface area (Å²) in [6.07, 6.45) is 5.43. The topological polar surface area (TPSA) is 57.8 Å². The van der Waals surface area contributed by atoms with E-state index in [0.717, 1.165) is 18.5 Å². The standard InChI is InChI=1S/C8H11N3O/c12-8(6-1-2-6)10-4-7-3-9-5-11-7/h3,5-6H,1-2,4H2,(H,9,11)(H,10,12). The van der Waals surface area contributed by atoms with Crippen LogP contribution < -0.4 is 5.32 Å². The number of nitrogens with zero attached hydrogens (tertiary/aromatic N) is 1. The van der Waals surface area contributed by atoms with Gasteiger partial charge in [0.15, 0.2) is 0 Å². The largest absolute Gasteiger partial charge is 0.350 e. The van der Waals surface area contributed by atoms with Gasteiger partial charge in [-0.25, -0.2) is 4.98 Å². The molecule has 12 heavy (non-hydrogen) atoms. The average molecular weight is 165 g/mol. The summed E-state index contributed by atoms with van der Waals surface area (Å²) in [5.41, 5.74) is 0.948. The minimum Gasteiger partial charge on any atom is -0.350 e. The van der Waals surface area contributed by atoms with Crippen LogP contribution in [0.5, 0.6) is 0 Å². The Hall–Kier alpha value is -1.32. The maximum atomic E-state index is 11.2. The fourth-order valence-corrected chi connectivity index (χ4v) is 1.05. The number of amides is 1. The van der Waals surface area contributed by atoms with Crippen molar-refractivity contribution in [3.8, 4) is 0 Å². The Bertz CT molecular complexity index is 264. The summed E-state index contributed by atoms with van der Waals surface area (Å²) in [5, 5.41) is 2.84. The number of rotatable bonds is 3. The van der Waals surface area contributed by atoms with Gasteiger partial charge in [0, 0.05) is 12.1 Å². The zero-order valence-corrected chi connectivity index (χ0v) is 6.71. The molecule has 64 valence electrons. The molecular formula is C8H11N3O. The second-order valence-electron chi connectivity index (χ2n) is 3.07. The van der Waals surface area contributed by atoms with Crippen LogP contribution in [0.15, 0.2) is 12.5 Å². The van der Waals surface area contributed by atoms with Crippen LogP contribution in [0, 0.1) is 5.92 Å². The van der Waals surface area contributed by atoms with Gasteiger partial charge in [0.1, 0.15) is 0 Å². The van der Waals surface area contributed by atoms with E-state index in [4.69, 9.17) is 0 Å². The van der Waals surface area contributed by atoms with Crippen LogP contribution in [0.1, 0.15) is 18.5 Å². The zero-order chi connectivity index (χ0) is 8.39. The quantitative estimate of drug-likeness (QED) is 0.682. The maximum Gasteiger partial charge on any atom is 0.223 e. The van der Waals surface area contributed by atoms with Gasteiger partial charge in [0.05, 0.1) is 18.6 Å². The summed E-state index contributed by atoms with van der Waals surface area (Å²) in [6.45, 7) is 0.565. The van der Waals surface area contributed by atoms with E-state index >= 15 is 0 Å². The van der Waals surface area contributed by atoms with E-state index in [2.05, 4.69) is 15.3 Å². The first-order valence-electron chi connectivity index (χ1n) is 4.11. The molecule has 0 atom stereocenters. The van der Waals surface area contributed by atoms with Gasteiger partial charge in [0.25, 0.3) is 0 Å². The maximum absolute atomic E-state index is 11.2. The molecule has 1 aliphatic carbocycles. The Morgan fingerprint density at radius 2 is 2.58 bits per heavy atom. The van der Waals surface area contributed by atoms with Crippen LogP contribution in [0.3, 0.4) is 0 Å². The highest BCUT2D eigenvalue weighted by Crippen LogP contribution is 2.28. The Morgan fingerprint density at radius 3 is 3.17 bits per heavy atom. The molecule has 0 aromatic carbocycles. The normalized spacial score (nSPS) is 16.0. The van der Waals surface area contributed by atoms with Crippen molar-refractivity contribution < 1.29 is 4.79 Å². The molecule has 1 aromatic rings. The molecule has 1 saturated carbocycles. The zero-order valence-electron chi connectivity index (χ0n) is 6.71. The molecule has 1 aliphatic rings. The molecule has 0 unspecified atom stereocenters. The molecule has 4 heteroatoms. The predicted molar refractivity (Wildman–Crippen MR) is 43.2 cm³/mol. The molecule has 1 aromatic heterocycles. The van der Waals surface area contributed by atoms with E-state index in [1.165, 1.54) is 0 Å². The highest BCUT2D eigenvalue weighted by atomic mass is 16.2. The Morgan fingerprint density at radius 1 is 1.75 bits per heavy atom. The fourth-order valence-electron chi connectivity index (χ4n) is 1.05. The highest BCUT2D eigenvalue weighted by molar-refractivity contribution is 5.80. The molecule has 0 spiro atoms. The summed E-state index contributed by atoms with van der Waals surface area (Å²) >= 11 is 0. The number of hydrogen-bond acceptors (Lipinski definition) is 2. The second kappa shape index (κ2) is 2.97. The molecular weight excluding hydrogens is 154 g/mol. The Labute approximate surface area is 70.4 Å². The number of carbonyl (C=O) groups excluding carboxylic acids is 1. The lowest BCUT2D eigenvalue weighted by Crippen LogP contribution is -2.24. The van der Waals surface area contributed by atoms with Crippen LogP contribution in [-0.2, 0) is 11.3 Å². The molecule has 1 heterocycles. The summed E-state index contributed by atoms with van der Waals surface area (Å²) < 4.78 is 0. The van der Waals surface area contributed by atoms with E-state index in [0.29, 0.717) is 6.54 Å². The van der Waals surface area contributed by atoms with E-state index in [9.17, 15) is 4.79 Å². The van der Waals surface area contributed by atoms with Gasteiger partial charge in [0.2, 0.25) is 5.91 Å². The number of carbonyl (C=O) groups is 1. The number of H-pyrrole nitrogens is 1. The third-order valence-corrected chi connectivity index (χ3v) is 1.96. The lowest BCUT2D eigenvalue weighted by atomic mass is 10.4. The average Bonchev–Trinajstić information content (AvgIpc) is 2.80. The van der Waals surface area contributed by atoms with Crippen molar-refractivity contribution in [3.05, 3.63) is 18.2 Å². The van der Waals surface area contributed by atoms with Crippen molar-refractivity contribution in [2.75, 3.05) is 0 Å². The highest BCUT2D eigenvalue weighted by Gasteiger charge is 2.29. The van der Waals surface area contributed by atoms with E-state index in [1.54, 1.807) is 12.5 Å². The van der Waals surface area contributed by atoms with Crippen LogP contribution in [-0.4, -0.2) is 15.9 Å². The molecule has 0 radical (unpaired) electrons. The van der Waals surface area contributed by atoms with Gasteiger partial charge < -0.3 is 10.3 Å². The summed E-state index contributed by atoms with van der Waals surface area (Å²) in [7, 11) is 0. The van der Waals surface area contributed by atoms with Gasteiger partial charge in [-0.3, -0.25) is 4.79 Å². The minimum absolute atomic E-state index is 0.171. The van der Waals surface area contributed by atoms with Crippen LogP contribution in [0.25, 0.3) is 0 Å². The molecule has 1 amide bonds. The first-order chi connectivity index (χ1) is 5.86. The summed E-state index contributed by atoms with van der Waals surface area (Å²) in [5.74, 6) is 0.456. The smallest absolute Gasteiger partial charge is 0.223 e. The van der Waals surface area contributed by atoms with Crippen LogP contribution >= 0.6 is 0 Å². The van der Waals surface area contributed by atoms with Crippen LogP contribution in [0.2, 0.25) is 0 Å². The molecule has 4 nitrogen and oxygen atoms in total. The summed E-state index contributed by atoms with van der Waals surface area (Å²) in [4.78, 5) is 17.9. The Kier molecular flexibility index (Phi) is 1.81. The first kappa shape index (κ1) is 7.34. The fraction of sp³-hybridized carbons (Fsp3) is 0.500. The number of imidazole rings is 1. The SMILES string of the molecule is O=C(NCc1cnc[nH]1)C1CC1. The first-order valence-corrected chi connectivity index (χ1v) is 4.11. The van der Waals surface area contributed by atoms with Gasteiger partial charge >= 0.3 is 0 Å². The van der Waals surface area contributed by atoms with Gasteiger partial charge in [-0.2, -0.15) is 0 Å². The predicted octanol–water partition coefficient (Wildman–Crippen LogP) is 0.436. The lowest BCUT2D eigenvalue weighted by Gasteiger charge is -2.00. The van der Waals surface area contributed by atoms with E-state index < -0.39 is 0 Å². The summed E-state index contributed by atoms with van der Waals surface area (Å²) in [6, 6.07) is 0. The molecule has 0 aliphatic heterocycles. The third-order valence-electron chi connectivity index (χ3n) is 1.96. The lowest BCUT2D eigenvalue weighted by molar-refractivity contribution is -0.122. The van der Waals surface area contributed by atoms with Crippen molar-refractivity contribution in [1.82, 2.24) is 15.3 Å². The monoisotopic (exact) mass is 165 g/mol. The van der Waals surface area contributed by atoms with E-state index in [-0.39, 0.29) is 11.8 Å². The molecule has 1 fully saturated rings. The van der Waals surface area contributed by atoms with E-state index in [1.807, 2.05) is 0 Å².